The number of aromatic nitrogens is 4. The van der Waals surface area contributed by atoms with E-state index in [0.717, 1.165) is 31.5 Å². The van der Waals surface area contributed by atoms with Gasteiger partial charge in [-0.05, 0) is 48.4 Å². The number of aromatic amines is 1. The van der Waals surface area contributed by atoms with Gasteiger partial charge in [0.15, 0.2) is 6.61 Å². The number of likely N-dealkylation sites (tertiary alicyclic amines) is 1. The van der Waals surface area contributed by atoms with Gasteiger partial charge in [-0.15, -0.1) is 10.2 Å². The number of hydrogen-bond acceptors (Lipinski definition) is 5. The fourth-order valence-electron chi connectivity index (χ4n) is 4.10. The van der Waals surface area contributed by atoms with Crippen molar-refractivity contribution in [3.63, 3.8) is 0 Å². The van der Waals surface area contributed by atoms with Crippen LogP contribution in [-0.4, -0.2) is 51.1 Å². The van der Waals surface area contributed by atoms with Crippen LogP contribution in [0.15, 0.2) is 24.3 Å². The van der Waals surface area contributed by atoms with Crippen LogP contribution in [-0.2, 0) is 4.79 Å². The zero-order chi connectivity index (χ0) is 17.1. The van der Waals surface area contributed by atoms with Gasteiger partial charge in [0, 0.05) is 18.7 Å². The van der Waals surface area contributed by atoms with E-state index in [0.29, 0.717) is 17.0 Å². The number of H-pyrrole nitrogens is 1. The minimum absolute atomic E-state index is 0.0674. The summed E-state index contributed by atoms with van der Waals surface area (Å²) in [4.78, 5) is 14.4. The third-order valence-corrected chi connectivity index (χ3v) is 5.64. The molecule has 0 bridgehead atoms. The normalized spacial score (nSPS) is 19.3. The van der Waals surface area contributed by atoms with Gasteiger partial charge in [-0.25, -0.2) is 0 Å². The molecule has 4 rings (SSSR count). The van der Waals surface area contributed by atoms with E-state index in [2.05, 4.69) is 20.6 Å². The molecule has 0 radical (unpaired) electrons. The Hall–Kier alpha value is -2.44. The highest BCUT2D eigenvalue weighted by atomic mass is 16.5. The number of amides is 1. The van der Waals surface area contributed by atoms with E-state index >= 15 is 0 Å². The van der Waals surface area contributed by atoms with Crippen molar-refractivity contribution < 1.29 is 9.53 Å². The first-order chi connectivity index (χ1) is 12.2. The predicted octanol–water partition coefficient (Wildman–Crippen LogP) is 2.43. The van der Waals surface area contributed by atoms with E-state index in [1.54, 1.807) is 0 Å². The SMILES string of the molecule is O=C(COc1cccc(-c2nn[nH]n2)c1)N1CCC2(CCCC2)CC1. The largest absolute Gasteiger partial charge is 0.484 e. The van der Waals surface area contributed by atoms with Gasteiger partial charge in [-0.3, -0.25) is 4.79 Å². The highest BCUT2D eigenvalue weighted by Crippen LogP contribution is 2.46. The van der Waals surface area contributed by atoms with Crippen LogP contribution in [0.2, 0.25) is 0 Å². The van der Waals surface area contributed by atoms with Gasteiger partial charge in [0.1, 0.15) is 5.75 Å². The molecule has 1 saturated carbocycles. The van der Waals surface area contributed by atoms with Crippen LogP contribution < -0.4 is 4.74 Å². The Morgan fingerprint density at radius 3 is 2.72 bits per heavy atom. The Labute approximate surface area is 146 Å². The zero-order valence-corrected chi connectivity index (χ0v) is 14.3. The van der Waals surface area contributed by atoms with Crippen molar-refractivity contribution >= 4 is 5.91 Å². The number of nitrogens with zero attached hydrogens (tertiary/aromatic N) is 4. The first-order valence-corrected chi connectivity index (χ1v) is 8.99. The summed E-state index contributed by atoms with van der Waals surface area (Å²) in [5.41, 5.74) is 1.33. The summed E-state index contributed by atoms with van der Waals surface area (Å²) in [5, 5.41) is 13.9. The molecule has 1 N–H and O–H groups in total. The van der Waals surface area contributed by atoms with Crippen molar-refractivity contribution in [3.8, 4) is 17.1 Å². The molecule has 1 aromatic carbocycles. The van der Waals surface area contributed by atoms with Gasteiger partial charge in [0.25, 0.3) is 5.91 Å². The second kappa shape index (κ2) is 6.82. The van der Waals surface area contributed by atoms with Crippen molar-refractivity contribution in [1.29, 1.82) is 0 Å². The van der Waals surface area contributed by atoms with Crippen molar-refractivity contribution in [2.75, 3.05) is 19.7 Å². The van der Waals surface area contributed by atoms with Crippen molar-refractivity contribution in [2.45, 2.75) is 38.5 Å². The van der Waals surface area contributed by atoms with E-state index < -0.39 is 0 Å². The molecule has 2 aliphatic rings. The molecule has 1 aromatic heterocycles. The average Bonchev–Trinajstić information content (AvgIpc) is 3.33. The molecule has 132 valence electrons. The Morgan fingerprint density at radius 1 is 1.20 bits per heavy atom. The molecule has 1 aliphatic heterocycles. The van der Waals surface area contributed by atoms with Crippen LogP contribution in [0.3, 0.4) is 0 Å². The van der Waals surface area contributed by atoms with E-state index in [1.807, 2.05) is 29.2 Å². The lowest BCUT2D eigenvalue weighted by Gasteiger charge is -2.39. The van der Waals surface area contributed by atoms with Crippen LogP contribution >= 0.6 is 0 Å². The molecule has 2 heterocycles. The fraction of sp³-hybridized carbons (Fsp3) is 0.556. The van der Waals surface area contributed by atoms with Crippen LogP contribution in [0.4, 0.5) is 0 Å². The second-order valence-corrected chi connectivity index (χ2v) is 7.14. The number of rotatable bonds is 4. The smallest absolute Gasteiger partial charge is 0.260 e. The number of nitrogens with one attached hydrogen (secondary N) is 1. The number of benzene rings is 1. The molecule has 1 aliphatic carbocycles. The van der Waals surface area contributed by atoms with Crippen LogP contribution in [0.25, 0.3) is 11.4 Å². The first-order valence-electron chi connectivity index (χ1n) is 8.99. The Kier molecular flexibility index (Phi) is 4.38. The molecule has 2 aromatic rings. The zero-order valence-electron chi connectivity index (χ0n) is 14.3. The van der Waals surface area contributed by atoms with Gasteiger partial charge in [-0.2, -0.15) is 5.21 Å². The summed E-state index contributed by atoms with van der Waals surface area (Å²) in [6.45, 7) is 1.80. The van der Waals surface area contributed by atoms with Crippen molar-refractivity contribution in [2.24, 2.45) is 5.41 Å². The monoisotopic (exact) mass is 341 g/mol. The lowest BCUT2D eigenvalue weighted by atomic mass is 9.77. The first kappa shape index (κ1) is 16.1. The Bertz CT molecular complexity index is 715. The average molecular weight is 341 g/mol. The summed E-state index contributed by atoms with van der Waals surface area (Å²) < 4.78 is 5.70. The molecular weight excluding hydrogens is 318 g/mol. The number of carbonyl (C=O) groups is 1. The summed E-state index contributed by atoms with van der Waals surface area (Å²) >= 11 is 0. The number of tetrazole rings is 1. The molecule has 0 atom stereocenters. The maximum atomic E-state index is 12.4. The molecule has 1 spiro atoms. The highest BCUT2D eigenvalue weighted by Gasteiger charge is 2.37. The quantitative estimate of drug-likeness (QED) is 0.923. The van der Waals surface area contributed by atoms with Gasteiger partial charge >= 0.3 is 0 Å². The highest BCUT2D eigenvalue weighted by molar-refractivity contribution is 5.78. The number of ether oxygens (including phenoxy) is 1. The third kappa shape index (κ3) is 3.50. The summed E-state index contributed by atoms with van der Waals surface area (Å²) in [6, 6.07) is 7.39. The number of hydrogen-bond donors (Lipinski definition) is 1. The molecule has 25 heavy (non-hydrogen) atoms. The Morgan fingerprint density at radius 2 is 2.00 bits per heavy atom. The molecular formula is C18H23N5O2. The molecule has 1 amide bonds. The standard InChI is InChI=1S/C18H23N5O2/c24-16(23-10-8-18(9-11-23)6-1-2-7-18)13-25-15-5-3-4-14(12-15)17-19-21-22-20-17/h3-5,12H,1-2,6-11,13H2,(H,19,20,21,22). The van der Waals surface area contributed by atoms with Crippen molar-refractivity contribution in [1.82, 2.24) is 25.5 Å². The van der Waals surface area contributed by atoms with Gasteiger partial charge in [-0.1, -0.05) is 25.0 Å². The summed E-state index contributed by atoms with van der Waals surface area (Å²) in [7, 11) is 0. The fourth-order valence-corrected chi connectivity index (χ4v) is 4.10. The van der Waals surface area contributed by atoms with E-state index in [4.69, 9.17) is 4.74 Å². The number of piperidine rings is 1. The minimum Gasteiger partial charge on any atom is -0.484 e. The van der Waals surface area contributed by atoms with Gasteiger partial charge in [0.2, 0.25) is 5.82 Å². The van der Waals surface area contributed by atoms with E-state index in [9.17, 15) is 4.79 Å². The summed E-state index contributed by atoms with van der Waals surface area (Å²) in [6.07, 6.45) is 7.68. The Balaban J connectivity index is 1.31. The van der Waals surface area contributed by atoms with E-state index in [-0.39, 0.29) is 12.5 Å². The lowest BCUT2D eigenvalue weighted by Crippen LogP contribution is -2.44. The maximum Gasteiger partial charge on any atom is 0.260 e. The van der Waals surface area contributed by atoms with Crippen LogP contribution in [0.1, 0.15) is 38.5 Å². The lowest BCUT2D eigenvalue weighted by molar-refractivity contribution is -0.135. The molecule has 7 nitrogen and oxygen atoms in total. The predicted molar refractivity (Wildman–Crippen MR) is 91.8 cm³/mol. The summed E-state index contributed by atoms with van der Waals surface area (Å²) in [5.74, 6) is 1.22. The van der Waals surface area contributed by atoms with Gasteiger partial charge in [0.05, 0.1) is 0 Å². The van der Waals surface area contributed by atoms with Crippen LogP contribution in [0, 0.1) is 5.41 Å². The van der Waals surface area contributed by atoms with Gasteiger partial charge < -0.3 is 9.64 Å². The maximum absolute atomic E-state index is 12.4. The molecule has 7 heteroatoms. The molecule has 0 unspecified atom stereocenters. The number of carbonyl (C=O) groups excluding carboxylic acids is 1. The third-order valence-electron chi connectivity index (χ3n) is 5.64. The van der Waals surface area contributed by atoms with Crippen LogP contribution in [0.5, 0.6) is 5.75 Å². The topological polar surface area (TPSA) is 84.0 Å². The van der Waals surface area contributed by atoms with E-state index in [1.165, 1.54) is 25.7 Å². The molecule has 1 saturated heterocycles. The second-order valence-electron chi connectivity index (χ2n) is 7.14. The molecule has 2 fully saturated rings. The van der Waals surface area contributed by atoms with Crippen molar-refractivity contribution in [3.05, 3.63) is 24.3 Å². The minimum atomic E-state index is 0.0674.